The van der Waals surface area contributed by atoms with Crippen molar-refractivity contribution >= 4 is 41.2 Å². The number of nitrogens with one attached hydrogen (secondary N) is 1. The Bertz CT molecular complexity index is 1030. The van der Waals surface area contributed by atoms with Gasteiger partial charge in [-0.25, -0.2) is 9.69 Å². The number of aryl methyl sites for hydroxylation is 1. The molecule has 4 amide bonds. The van der Waals surface area contributed by atoms with Crippen LogP contribution < -0.4 is 19.7 Å². The Morgan fingerprint density at radius 3 is 2.47 bits per heavy atom. The lowest BCUT2D eigenvalue weighted by Gasteiger charge is -2.26. The van der Waals surface area contributed by atoms with Crippen molar-refractivity contribution in [1.82, 2.24) is 5.32 Å². The van der Waals surface area contributed by atoms with Crippen molar-refractivity contribution in [3.63, 3.8) is 0 Å². The molecular formula is C22H21ClN2O5. The van der Waals surface area contributed by atoms with Crippen LogP contribution in [0.4, 0.5) is 10.5 Å². The highest BCUT2D eigenvalue weighted by atomic mass is 35.5. The third-order valence-electron chi connectivity index (χ3n) is 4.41. The van der Waals surface area contributed by atoms with Gasteiger partial charge in [0.2, 0.25) is 0 Å². The number of barbiturate groups is 1. The van der Waals surface area contributed by atoms with Gasteiger partial charge in [-0.2, -0.15) is 0 Å². The second-order valence-electron chi connectivity index (χ2n) is 6.68. The van der Waals surface area contributed by atoms with Crippen LogP contribution in [0.1, 0.15) is 24.5 Å². The second kappa shape index (κ2) is 9.00. The lowest BCUT2D eigenvalue weighted by atomic mass is 10.1. The molecular weight excluding hydrogens is 408 g/mol. The van der Waals surface area contributed by atoms with Crippen molar-refractivity contribution in [3.05, 3.63) is 58.1 Å². The van der Waals surface area contributed by atoms with Gasteiger partial charge in [0.15, 0.2) is 11.5 Å². The van der Waals surface area contributed by atoms with Crippen LogP contribution in [0.5, 0.6) is 11.5 Å². The number of anilines is 1. The van der Waals surface area contributed by atoms with Gasteiger partial charge in [0, 0.05) is 0 Å². The fourth-order valence-electron chi connectivity index (χ4n) is 2.92. The number of urea groups is 1. The van der Waals surface area contributed by atoms with E-state index in [0.29, 0.717) is 29.4 Å². The molecule has 1 aliphatic rings. The average molecular weight is 429 g/mol. The molecule has 0 aliphatic carbocycles. The Kier molecular flexibility index (Phi) is 6.42. The Labute approximate surface area is 179 Å². The number of ether oxygens (including phenoxy) is 2. The summed E-state index contributed by atoms with van der Waals surface area (Å²) in [5.41, 5.74) is 1.59. The summed E-state index contributed by atoms with van der Waals surface area (Å²) in [6.07, 6.45) is 2.16. The molecule has 1 saturated heterocycles. The smallest absolute Gasteiger partial charge is 0.335 e. The number of halogens is 1. The summed E-state index contributed by atoms with van der Waals surface area (Å²) in [6, 6.07) is 9.20. The highest BCUT2D eigenvalue weighted by Crippen LogP contribution is 2.37. The number of hydrogen-bond donors (Lipinski definition) is 1. The molecule has 1 aliphatic heterocycles. The summed E-state index contributed by atoms with van der Waals surface area (Å²) in [6.45, 7) is 4.32. The standard InChI is InChI=1S/C22H21ClN2O5/c1-4-9-30-19-17(23)11-14(12-18(19)29-3)10-16-20(26)24-22(28)25(21(16)27)15-7-5-13(2)6-8-15/h5-8,10-12H,4,9H2,1-3H3,(H,24,26,28)/b16-10+. The van der Waals surface area contributed by atoms with Gasteiger partial charge in [0.1, 0.15) is 5.57 Å². The fourth-order valence-corrected chi connectivity index (χ4v) is 3.19. The molecule has 2 aromatic carbocycles. The second-order valence-corrected chi connectivity index (χ2v) is 7.08. The molecule has 1 N–H and O–H groups in total. The van der Waals surface area contributed by atoms with E-state index in [1.165, 1.54) is 13.2 Å². The van der Waals surface area contributed by atoms with E-state index in [4.69, 9.17) is 21.1 Å². The maximum absolute atomic E-state index is 13.0. The van der Waals surface area contributed by atoms with Crippen LogP contribution in [0.25, 0.3) is 6.08 Å². The first-order chi connectivity index (χ1) is 14.3. The molecule has 0 atom stereocenters. The first kappa shape index (κ1) is 21.4. The normalized spacial score (nSPS) is 15.4. The highest BCUT2D eigenvalue weighted by Gasteiger charge is 2.36. The molecule has 3 rings (SSSR count). The molecule has 30 heavy (non-hydrogen) atoms. The van der Waals surface area contributed by atoms with Crippen LogP contribution in [0, 0.1) is 6.92 Å². The zero-order valence-electron chi connectivity index (χ0n) is 16.8. The third kappa shape index (κ3) is 4.31. The molecule has 1 fully saturated rings. The van der Waals surface area contributed by atoms with Crippen LogP contribution in [0.3, 0.4) is 0 Å². The van der Waals surface area contributed by atoms with Crippen molar-refractivity contribution in [2.75, 3.05) is 18.6 Å². The minimum Gasteiger partial charge on any atom is -0.493 e. The first-order valence-electron chi connectivity index (χ1n) is 9.34. The van der Waals surface area contributed by atoms with Crippen molar-refractivity contribution in [1.29, 1.82) is 0 Å². The molecule has 2 aromatic rings. The van der Waals surface area contributed by atoms with Crippen molar-refractivity contribution in [2.45, 2.75) is 20.3 Å². The van der Waals surface area contributed by atoms with Gasteiger partial charge in [-0.1, -0.05) is 36.2 Å². The maximum atomic E-state index is 13.0. The molecule has 0 aromatic heterocycles. The van der Waals surface area contributed by atoms with E-state index in [2.05, 4.69) is 5.32 Å². The molecule has 7 nitrogen and oxygen atoms in total. The maximum Gasteiger partial charge on any atom is 0.335 e. The van der Waals surface area contributed by atoms with Gasteiger partial charge in [0.05, 0.1) is 24.4 Å². The SMILES string of the molecule is CCCOc1c(Cl)cc(/C=C2\C(=O)NC(=O)N(c3ccc(C)cc3)C2=O)cc1OC. The van der Waals surface area contributed by atoms with Gasteiger partial charge in [-0.15, -0.1) is 0 Å². The van der Waals surface area contributed by atoms with E-state index < -0.39 is 17.8 Å². The minimum absolute atomic E-state index is 0.199. The summed E-state index contributed by atoms with van der Waals surface area (Å²) in [5.74, 6) is -0.749. The number of methoxy groups -OCH3 is 1. The Balaban J connectivity index is 2.00. The number of benzene rings is 2. The topological polar surface area (TPSA) is 84.9 Å². The fraction of sp³-hybridized carbons (Fsp3) is 0.227. The summed E-state index contributed by atoms with van der Waals surface area (Å²) < 4.78 is 11.0. The van der Waals surface area contributed by atoms with Gasteiger partial charge in [0.25, 0.3) is 11.8 Å². The summed E-state index contributed by atoms with van der Waals surface area (Å²) in [5, 5.41) is 2.48. The van der Waals surface area contributed by atoms with E-state index in [9.17, 15) is 14.4 Å². The Morgan fingerprint density at radius 1 is 1.13 bits per heavy atom. The van der Waals surface area contributed by atoms with Gasteiger partial charge in [-0.05, 0) is 49.2 Å². The van der Waals surface area contributed by atoms with Crippen LogP contribution in [0.15, 0.2) is 42.0 Å². The average Bonchev–Trinajstić information content (AvgIpc) is 2.71. The molecule has 156 valence electrons. The molecule has 0 saturated carbocycles. The zero-order valence-corrected chi connectivity index (χ0v) is 17.6. The van der Waals surface area contributed by atoms with Crippen LogP contribution in [0.2, 0.25) is 5.02 Å². The minimum atomic E-state index is -0.801. The number of imide groups is 2. The lowest BCUT2D eigenvalue weighted by molar-refractivity contribution is -0.122. The number of carbonyl (C=O) groups is 3. The van der Waals surface area contributed by atoms with Gasteiger partial charge in [-0.3, -0.25) is 14.9 Å². The van der Waals surface area contributed by atoms with Crippen LogP contribution >= 0.6 is 11.6 Å². The van der Waals surface area contributed by atoms with Crippen LogP contribution in [-0.2, 0) is 9.59 Å². The molecule has 0 bridgehead atoms. The number of hydrogen-bond acceptors (Lipinski definition) is 5. The first-order valence-corrected chi connectivity index (χ1v) is 9.72. The number of nitrogens with zero attached hydrogens (tertiary/aromatic N) is 1. The van der Waals surface area contributed by atoms with Crippen molar-refractivity contribution in [2.24, 2.45) is 0 Å². The molecule has 0 unspecified atom stereocenters. The Hall–Kier alpha value is -3.32. The monoisotopic (exact) mass is 428 g/mol. The van der Waals surface area contributed by atoms with Crippen molar-refractivity contribution < 1.29 is 23.9 Å². The highest BCUT2D eigenvalue weighted by molar-refractivity contribution is 6.39. The number of amides is 4. The lowest BCUT2D eigenvalue weighted by Crippen LogP contribution is -2.54. The predicted octanol–water partition coefficient (Wildman–Crippen LogP) is 4.11. The third-order valence-corrected chi connectivity index (χ3v) is 4.69. The largest absolute Gasteiger partial charge is 0.493 e. The predicted molar refractivity (Wildman–Crippen MR) is 114 cm³/mol. The van der Waals surface area contributed by atoms with Crippen LogP contribution in [-0.4, -0.2) is 31.6 Å². The molecule has 8 heteroatoms. The van der Waals surface area contributed by atoms with E-state index in [0.717, 1.165) is 16.9 Å². The summed E-state index contributed by atoms with van der Waals surface area (Å²) >= 11 is 6.32. The summed E-state index contributed by atoms with van der Waals surface area (Å²) in [7, 11) is 1.47. The quantitative estimate of drug-likeness (QED) is 0.552. The zero-order chi connectivity index (χ0) is 21.8. The summed E-state index contributed by atoms with van der Waals surface area (Å²) in [4.78, 5) is 38.5. The number of carbonyl (C=O) groups excluding carboxylic acids is 3. The van der Waals surface area contributed by atoms with Gasteiger partial charge < -0.3 is 9.47 Å². The molecule has 0 spiro atoms. The van der Waals surface area contributed by atoms with Gasteiger partial charge >= 0.3 is 6.03 Å². The van der Waals surface area contributed by atoms with E-state index in [1.54, 1.807) is 36.4 Å². The molecule has 0 radical (unpaired) electrons. The van der Waals surface area contributed by atoms with Crippen molar-refractivity contribution in [3.8, 4) is 11.5 Å². The van der Waals surface area contributed by atoms with E-state index >= 15 is 0 Å². The molecule has 1 heterocycles. The van der Waals surface area contributed by atoms with E-state index in [-0.39, 0.29) is 10.6 Å². The Morgan fingerprint density at radius 2 is 1.83 bits per heavy atom. The van der Waals surface area contributed by atoms with E-state index in [1.807, 2.05) is 13.8 Å². The number of rotatable bonds is 6.